The predicted molar refractivity (Wildman–Crippen MR) is 97.1 cm³/mol. The van der Waals surface area contributed by atoms with Crippen LogP contribution in [0.3, 0.4) is 0 Å². The molecule has 3 rings (SSSR count). The Morgan fingerprint density at radius 1 is 1.04 bits per heavy atom. The first-order chi connectivity index (χ1) is 12.7. The number of rotatable bonds is 5. The molecule has 1 heterocycles. The number of carbonyl (C=O) groups excluding carboxylic acids is 2. The Bertz CT molecular complexity index is 774. The molecular weight excluding hydrogens is 332 g/mol. The molecule has 0 saturated carbocycles. The number of carbonyl (C=O) groups is 2. The van der Waals surface area contributed by atoms with E-state index in [1.165, 1.54) is 5.56 Å². The second-order valence-electron chi connectivity index (χ2n) is 6.03. The monoisotopic (exact) mass is 354 g/mol. The van der Waals surface area contributed by atoms with Crippen LogP contribution >= 0.6 is 0 Å². The average molecular weight is 354 g/mol. The molecule has 6 nitrogen and oxygen atoms in total. The molecule has 0 atom stereocenters. The van der Waals surface area contributed by atoms with Crippen LogP contribution in [0, 0.1) is 0 Å². The van der Waals surface area contributed by atoms with Gasteiger partial charge in [-0.05, 0) is 41.8 Å². The number of hydrogen-bond donors (Lipinski definition) is 1. The van der Waals surface area contributed by atoms with E-state index in [0.29, 0.717) is 18.8 Å². The highest BCUT2D eigenvalue weighted by Crippen LogP contribution is 2.18. The van der Waals surface area contributed by atoms with Crippen LogP contribution < -0.4 is 14.8 Å². The number of amides is 2. The van der Waals surface area contributed by atoms with Gasteiger partial charge in [-0.1, -0.05) is 24.3 Å². The summed E-state index contributed by atoms with van der Waals surface area (Å²) in [5.74, 6) is 0.338. The second kappa shape index (κ2) is 8.38. The van der Waals surface area contributed by atoms with E-state index < -0.39 is 11.8 Å². The van der Waals surface area contributed by atoms with E-state index in [2.05, 4.69) is 11.4 Å². The second-order valence-corrected chi connectivity index (χ2v) is 6.03. The molecule has 2 aromatic carbocycles. The fraction of sp³-hybridized carbons (Fsp3) is 0.300. The standard InChI is InChI=1S/C20H22N2O4/c1-25-17-6-8-18(9-7-17)26-13-11-21-19(23)20(24)22-12-10-15-4-2-3-5-16(15)14-22/h2-9H,10-14H2,1H3,(H,21,23). The lowest BCUT2D eigenvalue weighted by atomic mass is 10.00. The molecule has 136 valence electrons. The van der Waals surface area contributed by atoms with Crippen LogP contribution in [0.4, 0.5) is 0 Å². The molecule has 0 unspecified atom stereocenters. The van der Waals surface area contributed by atoms with Gasteiger partial charge in [-0.3, -0.25) is 9.59 Å². The molecule has 2 amide bonds. The Kier molecular flexibility index (Phi) is 5.73. The van der Waals surface area contributed by atoms with Crippen molar-refractivity contribution in [1.29, 1.82) is 0 Å². The van der Waals surface area contributed by atoms with Gasteiger partial charge in [0, 0.05) is 13.1 Å². The third-order valence-electron chi connectivity index (χ3n) is 4.33. The Morgan fingerprint density at radius 2 is 1.73 bits per heavy atom. The molecule has 1 N–H and O–H groups in total. The van der Waals surface area contributed by atoms with Gasteiger partial charge in [0.05, 0.1) is 13.7 Å². The summed E-state index contributed by atoms with van der Waals surface area (Å²) >= 11 is 0. The number of fused-ring (bicyclic) bond motifs is 1. The Morgan fingerprint density at radius 3 is 2.46 bits per heavy atom. The molecular formula is C20H22N2O4. The average Bonchev–Trinajstić information content (AvgIpc) is 2.70. The maximum absolute atomic E-state index is 12.3. The van der Waals surface area contributed by atoms with Crippen LogP contribution in [0.15, 0.2) is 48.5 Å². The zero-order chi connectivity index (χ0) is 18.4. The summed E-state index contributed by atoms with van der Waals surface area (Å²) in [6.45, 7) is 1.59. The third kappa shape index (κ3) is 4.33. The maximum Gasteiger partial charge on any atom is 0.312 e. The number of nitrogens with one attached hydrogen (secondary N) is 1. The molecule has 1 aliphatic rings. The van der Waals surface area contributed by atoms with Crippen LogP contribution in [0.2, 0.25) is 0 Å². The SMILES string of the molecule is COc1ccc(OCCNC(=O)C(=O)N2CCc3ccccc3C2)cc1. The highest BCUT2D eigenvalue weighted by Gasteiger charge is 2.25. The molecule has 0 radical (unpaired) electrons. The van der Waals surface area contributed by atoms with Gasteiger partial charge in [-0.2, -0.15) is 0 Å². The van der Waals surface area contributed by atoms with E-state index in [-0.39, 0.29) is 13.2 Å². The van der Waals surface area contributed by atoms with Crippen LogP contribution in [0.1, 0.15) is 11.1 Å². The van der Waals surface area contributed by atoms with Crippen molar-refractivity contribution in [2.75, 3.05) is 26.8 Å². The molecule has 0 bridgehead atoms. The smallest absolute Gasteiger partial charge is 0.312 e. The van der Waals surface area contributed by atoms with E-state index in [1.807, 2.05) is 18.2 Å². The molecule has 1 aliphatic heterocycles. The van der Waals surface area contributed by atoms with E-state index in [0.717, 1.165) is 17.7 Å². The number of benzene rings is 2. The van der Waals surface area contributed by atoms with Crippen molar-refractivity contribution >= 4 is 11.8 Å². The molecule has 0 aliphatic carbocycles. The topological polar surface area (TPSA) is 67.9 Å². The number of methoxy groups -OCH3 is 1. The molecule has 6 heteroatoms. The van der Waals surface area contributed by atoms with Crippen LogP contribution in [0.5, 0.6) is 11.5 Å². The van der Waals surface area contributed by atoms with Crippen molar-refractivity contribution < 1.29 is 19.1 Å². The number of hydrogen-bond acceptors (Lipinski definition) is 4. The lowest BCUT2D eigenvalue weighted by molar-refractivity contribution is -0.146. The largest absolute Gasteiger partial charge is 0.497 e. The summed E-state index contributed by atoms with van der Waals surface area (Å²) in [6, 6.07) is 15.2. The molecule has 0 spiro atoms. The normalized spacial score (nSPS) is 12.9. The maximum atomic E-state index is 12.3. The van der Waals surface area contributed by atoms with Gasteiger partial charge >= 0.3 is 11.8 Å². The summed E-state index contributed by atoms with van der Waals surface area (Å²) < 4.78 is 10.6. The first-order valence-electron chi connectivity index (χ1n) is 8.58. The third-order valence-corrected chi connectivity index (χ3v) is 4.33. The fourth-order valence-electron chi connectivity index (χ4n) is 2.89. The minimum Gasteiger partial charge on any atom is -0.497 e. The van der Waals surface area contributed by atoms with Crippen molar-refractivity contribution in [3.05, 3.63) is 59.7 Å². The van der Waals surface area contributed by atoms with Crippen molar-refractivity contribution in [3.8, 4) is 11.5 Å². The highest BCUT2D eigenvalue weighted by molar-refractivity contribution is 6.35. The zero-order valence-electron chi connectivity index (χ0n) is 14.7. The Balaban J connectivity index is 1.42. The summed E-state index contributed by atoms with van der Waals surface area (Å²) in [6.07, 6.45) is 0.774. The van der Waals surface area contributed by atoms with Gasteiger partial charge in [-0.15, -0.1) is 0 Å². The molecule has 0 aromatic heterocycles. The van der Waals surface area contributed by atoms with Gasteiger partial charge in [0.25, 0.3) is 0 Å². The lowest BCUT2D eigenvalue weighted by Crippen LogP contribution is -2.45. The Labute approximate surface area is 152 Å². The highest BCUT2D eigenvalue weighted by atomic mass is 16.5. The van der Waals surface area contributed by atoms with Crippen LogP contribution in [-0.4, -0.2) is 43.5 Å². The molecule has 0 saturated heterocycles. The van der Waals surface area contributed by atoms with E-state index in [9.17, 15) is 9.59 Å². The van der Waals surface area contributed by atoms with Crippen LogP contribution in [0.25, 0.3) is 0 Å². The summed E-state index contributed by atoms with van der Waals surface area (Å²) in [4.78, 5) is 26.0. The molecule has 0 fully saturated rings. The van der Waals surface area contributed by atoms with Crippen molar-refractivity contribution in [2.24, 2.45) is 0 Å². The molecule has 2 aromatic rings. The van der Waals surface area contributed by atoms with Crippen molar-refractivity contribution in [2.45, 2.75) is 13.0 Å². The van der Waals surface area contributed by atoms with E-state index in [4.69, 9.17) is 9.47 Å². The van der Waals surface area contributed by atoms with Gasteiger partial charge in [-0.25, -0.2) is 0 Å². The minimum atomic E-state index is -0.595. The zero-order valence-corrected chi connectivity index (χ0v) is 14.7. The van der Waals surface area contributed by atoms with Crippen molar-refractivity contribution in [3.63, 3.8) is 0 Å². The summed E-state index contributed by atoms with van der Waals surface area (Å²) in [7, 11) is 1.60. The summed E-state index contributed by atoms with van der Waals surface area (Å²) in [5.41, 5.74) is 2.34. The lowest BCUT2D eigenvalue weighted by Gasteiger charge is -2.28. The molecule has 26 heavy (non-hydrogen) atoms. The quantitative estimate of drug-likeness (QED) is 0.656. The van der Waals surface area contributed by atoms with Gasteiger partial charge in [0.2, 0.25) is 0 Å². The number of ether oxygens (including phenoxy) is 2. The first kappa shape index (κ1) is 17.8. The first-order valence-corrected chi connectivity index (χ1v) is 8.58. The van der Waals surface area contributed by atoms with Gasteiger partial charge in [0.1, 0.15) is 18.1 Å². The summed E-state index contributed by atoms with van der Waals surface area (Å²) in [5, 5.41) is 2.62. The predicted octanol–water partition coefficient (Wildman–Crippen LogP) is 1.78. The minimum absolute atomic E-state index is 0.265. The Hall–Kier alpha value is -3.02. The van der Waals surface area contributed by atoms with E-state index >= 15 is 0 Å². The van der Waals surface area contributed by atoms with Crippen molar-refractivity contribution in [1.82, 2.24) is 10.2 Å². The number of nitrogens with zero attached hydrogens (tertiary/aromatic N) is 1. The van der Waals surface area contributed by atoms with Gasteiger partial charge in [0.15, 0.2) is 0 Å². The van der Waals surface area contributed by atoms with E-state index in [1.54, 1.807) is 36.3 Å². The van der Waals surface area contributed by atoms with Gasteiger partial charge < -0.3 is 19.7 Å². The van der Waals surface area contributed by atoms with Crippen LogP contribution in [-0.2, 0) is 22.6 Å². The fourth-order valence-corrected chi connectivity index (χ4v) is 2.89.